The van der Waals surface area contributed by atoms with Crippen LogP contribution in [0.2, 0.25) is 0 Å². The van der Waals surface area contributed by atoms with Gasteiger partial charge in [-0.25, -0.2) is 19.3 Å². The number of benzene rings is 1. The molecule has 2 N–H and O–H groups in total. The van der Waals surface area contributed by atoms with Crippen LogP contribution < -0.4 is 15.8 Å². The van der Waals surface area contributed by atoms with E-state index in [-0.39, 0.29) is 18.1 Å². The summed E-state index contributed by atoms with van der Waals surface area (Å²) in [5.74, 6) is 0.582. The molecule has 14 nitrogen and oxygen atoms in total. The molecule has 7 rings (SSSR count). The van der Waals surface area contributed by atoms with Gasteiger partial charge in [0.05, 0.1) is 12.2 Å². The maximum Gasteiger partial charge on any atom is 0.322 e. The number of fused-ring (bicyclic) bond motifs is 1. The molecule has 2 aliphatic heterocycles. The summed E-state index contributed by atoms with van der Waals surface area (Å²) in [5.41, 5.74) is 1.51. The molecule has 0 atom stereocenters. The molecular weight excluding hydrogens is 660 g/mol. The van der Waals surface area contributed by atoms with Crippen molar-refractivity contribution in [1.82, 2.24) is 39.2 Å². The zero-order valence-electron chi connectivity index (χ0n) is 30.4. The Labute approximate surface area is 304 Å². The number of aromatic nitrogens is 5. The van der Waals surface area contributed by atoms with Gasteiger partial charge in [-0.3, -0.25) is 19.4 Å². The lowest BCUT2D eigenvalue weighted by molar-refractivity contribution is -0.196. The summed E-state index contributed by atoms with van der Waals surface area (Å²) in [6, 6.07) is 15.0. The summed E-state index contributed by atoms with van der Waals surface area (Å²) in [5, 5.41) is 16.1. The lowest BCUT2D eigenvalue weighted by Crippen LogP contribution is -2.54. The molecule has 14 heteroatoms. The fourth-order valence-corrected chi connectivity index (χ4v) is 7.85. The topological polar surface area (TPSA) is 137 Å². The highest BCUT2D eigenvalue weighted by molar-refractivity contribution is 5.77. The van der Waals surface area contributed by atoms with E-state index in [4.69, 9.17) is 9.82 Å². The van der Waals surface area contributed by atoms with Crippen molar-refractivity contribution in [2.45, 2.75) is 70.7 Å². The van der Waals surface area contributed by atoms with E-state index < -0.39 is 5.60 Å². The Morgan fingerprint density at radius 2 is 1.58 bits per heavy atom. The highest BCUT2D eigenvalue weighted by atomic mass is 16.7. The average molecular weight is 711 g/mol. The first-order valence-electron chi connectivity index (χ1n) is 18.4. The van der Waals surface area contributed by atoms with Crippen LogP contribution in [0.1, 0.15) is 52.1 Å². The molecule has 0 bridgehead atoms. The Morgan fingerprint density at radius 1 is 0.942 bits per heavy atom. The molecule has 1 saturated carbocycles. The molecule has 3 aliphatic rings. The predicted molar refractivity (Wildman–Crippen MR) is 201 cm³/mol. The highest BCUT2D eigenvalue weighted by Gasteiger charge is 2.32. The molecule has 276 valence electrons. The number of aliphatic hydroxyl groups is 1. The van der Waals surface area contributed by atoms with E-state index in [2.05, 4.69) is 48.7 Å². The van der Waals surface area contributed by atoms with E-state index >= 15 is 0 Å². The Bertz CT molecular complexity index is 1930. The van der Waals surface area contributed by atoms with Crippen molar-refractivity contribution in [3.63, 3.8) is 0 Å². The molecule has 0 unspecified atom stereocenters. The summed E-state index contributed by atoms with van der Waals surface area (Å²) in [4.78, 5) is 51.5. The Morgan fingerprint density at radius 3 is 2.17 bits per heavy atom. The first-order valence-corrected chi connectivity index (χ1v) is 18.4. The quantitative estimate of drug-likeness (QED) is 0.233. The third-order valence-corrected chi connectivity index (χ3v) is 10.6. The number of allylic oxidation sites excluding steroid dienone is 1. The van der Waals surface area contributed by atoms with Gasteiger partial charge in [0.2, 0.25) is 5.95 Å². The first-order chi connectivity index (χ1) is 25.1. The van der Waals surface area contributed by atoms with E-state index in [9.17, 15) is 14.7 Å². The number of piperazine rings is 2. The van der Waals surface area contributed by atoms with Gasteiger partial charge in [0.25, 0.3) is 5.56 Å². The van der Waals surface area contributed by atoms with Gasteiger partial charge in [0.1, 0.15) is 11.0 Å². The summed E-state index contributed by atoms with van der Waals surface area (Å²) < 4.78 is 3.18. The molecule has 52 heavy (non-hydrogen) atoms. The first kappa shape index (κ1) is 35.8. The summed E-state index contributed by atoms with van der Waals surface area (Å²) in [7, 11) is 0. The van der Waals surface area contributed by atoms with Crippen LogP contribution in [0, 0.1) is 0 Å². The molecule has 1 aliphatic carbocycles. The highest BCUT2D eigenvalue weighted by Crippen LogP contribution is 2.29. The third kappa shape index (κ3) is 7.75. The predicted octanol–water partition coefficient (Wildman–Crippen LogP) is 3.66. The molecule has 1 aromatic carbocycles. The van der Waals surface area contributed by atoms with E-state index in [0.29, 0.717) is 40.6 Å². The zero-order chi connectivity index (χ0) is 36.4. The van der Waals surface area contributed by atoms with Crippen molar-refractivity contribution >= 4 is 34.3 Å². The number of rotatable bonds is 10. The van der Waals surface area contributed by atoms with Gasteiger partial charge in [-0.15, -0.1) is 11.6 Å². The maximum atomic E-state index is 13.4. The second-order valence-corrected chi connectivity index (χ2v) is 14.6. The second-order valence-electron chi connectivity index (χ2n) is 14.6. The number of hydroxylamine groups is 2. The average Bonchev–Trinajstić information content (AvgIpc) is 3.42. The SMILES string of the molecule is C=CCn1c(=O)c2cnc(Nc3ccc(N4CCN(C5CCC(N6CCN(OC(C)=O)CC6)CC5)CC4)cc3)nc2n1-c1cccc(C(C)(C)O)n1. The molecule has 5 heterocycles. The summed E-state index contributed by atoms with van der Waals surface area (Å²) in [6.45, 7) is 16.5. The molecule has 0 spiro atoms. The van der Waals surface area contributed by atoms with Crippen LogP contribution in [-0.4, -0.2) is 115 Å². The summed E-state index contributed by atoms with van der Waals surface area (Å²) in [6.07, 6.45) is 8.13. The van der Waals surface area contributed by atoms with Crippen LogP contribution in [0.25, 0.3) is 16.9 Å². The van der Waals surface area contributed by atoms with E-state index in [1.807, 2.05) is 12.1 Å². The number of hydrogen-bond acceptors (Lipinski definition) is 12. The van der Waals surface area contributed by atoms with Crippen LogP contribution in [0.4, 0.5) is 17.3 Å². The van der Waals surface area contributed by atoms with Crippen LogP contribution >= 0.6 is 0 Å². The van der Waals surface area contributed by atoms with Crippen LogP contribution in [0.15, 0.2) is 66.1 Å². The molecule has 0 radical (unpaired) electrons. The van der Waals surface area contributed by atoms with Gasteiger partial charge < -0.3 is 20.2 Å². The number of hydrogen-bond donors (Lipinski definition) is 2. The van der Waals surface area contributed by atoms with Crippen molar-refractivity contribution in [1.29, 1.82) is 0 Å². The van der Waals surface area contributed by atoms with E-state index in [1.54, 1.807) is 47.9 Å². The number of pyridine rings is 1. The normalized spacial score (nSPS) is 21.0. The largest absolute Gasteiger partial charge is 0.384 e. The van der Waals surface area contributed by atoms with E-state index in [1.165, 1.54) is 49.2 Å². The zero-order valence-corrected chi connectivity index (χ0v) is 30.4. The number of carbonyl (C=O) groups is 1. The molecule has 3 aromatic heterocycles. The van der Waals surface area contributed by atoms with Crippen molar-refractivity contribution in [3.8, 4) is 5.82 Å². The smallest absolute Gasteiger partial charge is 0.322 e. The van der Waals surface area contributed by atoms with Gasteiger partial charge in [-0.1, -0.05) is 12.1 Å². The minimum atomic E-state index is -1.16. The van der Waals surface area contributed by atoms with Crippen molar-refractivity contribution in [2.24, 2.45) is 0 Å². The van der Waals surface area contributed by atoms with Gasteiger partial charge in [0.15, 0.2) is 11.5 Å². The monoisotopic (exact) mass is 710 g/mol. The Hall–Kier alpha value is -4.63. The molecule has 0 amide bonds. The Balaban J connectivity index is 0.957. The van der Waals surface area contributed by atoms with Crippen molar-refractivity contribution in [2.75, 3.05) is 62.6 Å². The minimum Gasteiger partial charge on any atom is -0.384 e. The molecule has 4 aromatic rings. The van der Waals surface area contributed by atoms with Gasteiger partial charge in [0, 0.05) is 88.9 Å². The van der Waals surface area contributed by atoms with Gasteiger partial charge in [-0.2, -0.15) is 4.98 Å². The van der Waals surface area contributed by atoms with Crippen LogP contribution in [0.3, 0.4) is 0 Å². The molecular formula is C38H50N10O4. The van der Waals surface area contributed by atoms with Gasteiger partial charge in [-0.05, 0) is 75.9 Å². The minimum absolute atomic E-state index is 0.236. The summed E-state index contributed by atoms with van der Waals surface area (Å²) >= 11 is 0. The van der Waals surface area contributed by atoms with Crippen LogP contribution in [0.5, 0.6) is 0 Å². The third-order valence-electron chi connectivity index (χ3n) is 10.6. The number of carbonyl (C=O) groups excluding carboxylic acids is 1. The van der Waals surface area contributed by atoms with Gasteiger partial charge >= 0.3 is 5.97 Å². The maximum absolute atomic E-state index is 13.4. The fraction of sp³-hybridized carbons (Fsp3) is 0.500. The number of anilines is 3. The van der Waals surface area contributed by atoms with Crippen molar-refractivity contribution < 1.29 is 14.7 Å². The molecule has 3 fully saturated rings. The lowest BCUT2D eigenvalue weighted by atomic mass is 9.88. The lowest BCUT2D eigenvalue weighted by Gasteiger charge is -2.45. The molecule has 2 saturated heterocycles. The number of nitrogens with one attached hydrogen (secondary N) is 1. The van der Waals surface area contributed by atoms with E-state index in [0.717, 1.165) is 58.0 Å². The van der Waals surface area contributed by atoms with Crippen molar-refractivity contribution in [3.05, 3.63) is 77.4 Å². The fourth-order valence-electron chi connectivity index (χ4n) is 7.85. The van der Waals surface area contributed by atoms with Crippen LogP contribution in [-0.2, 0) is 21.8 Å². The number of nitrogens with zero attached hydrogens (tertiary/aromatic N) is 9. The standard InChI is InChI=1S/C38H50N10O4/c1-5-17-47-36(50)32-26-39-37(42-35(32)48(47)34-8-6-7-33(41-34)38(3,4)51)40-28-9-11-29(12-10-28)43-18-20-44(21-19-43)30-13-15-31(16-14-30)45-22-24-46(25-23-45)52-27(2)49/h5-12,26,30-31,51H,1,13-25H2,2-4H3,(H,39,40,42). The Kier molecular flexibility index (Phi) is 10.4. The second kappa shape index (κ2) is 15.2.